The van der Waals surface area contributed by atoms with E-state index in [1.807, 2.05) is 0 Å². The largest absolute Gasteiger partial charge is 0.493 e. The summed E-state index contributed by atoms with van der Waals surface area (Å²) in [5, 5.41) is 8.84. The third-order valence-corrected chi connectivity index (χ3v) is 2.20. The summed E-state index contributed by atoms with van der Waals surface area (Å²) in [6.07, 6.45) is 0.256. The summed E-state index contributed by atoms with van der Waals surface area (Å²) in [4.78, 5) is 10.8. The summed E-state index contributed by atoms with van der Waals surface area (Å²) >= 11 is 3.21. The molecular weight excluding hydrogens is 267 g/mol. The Bertz CT molecular complexity index is 355. The number of carboxylic acids is 1. The van der Waals surface area contributed by atoms with E-state index in [1.54, 1.807) is 12.1 Å². The first-order chi connectivity index (χ1) is 7.15. The highest BCUT2D eigenvalue weighted by Crippen LogP contribution is 2.23. The van der Waals surface area contributed by atoms with E-state index in [0.29, 0.717) is 0 Å². The zero-order valence-electron chi connectivity index (χ0n) is 7.87. The Morgan fingerprint density at radius 3 is 2.87 bits per heavy atom. The van der Waals surface area contributed by atoms with E-state index in [1.165, 1.54) is 6.07 Å². The van der Waals surface area contributed by atoms with Gasteiger partial charge in [-0.15, -0.1) is 0 Å². The van der Waals surface area contributed by atoms with Crippen molar-refractivity contribution in [2.45, 2.75) is 6.42 Å². The number of carbonyl (C=O) groups is 1. The van der Waals surface area contributed by atoms with E-state index in [9.17, 15) is 9.18 Å². The van der Waals surface area contributed by atoms with E-state index in [-0.39, 0.29) is 24.3 Å². The van der Waals surface area contributed by atoms with Crippen LogP contribution in [0.15, 0.2) is 22.7 Å². The lowest BCUT2D eigenvalue weighted by Gasteiger charge is -2.08. The Morgan fingerprint density at radius 2 is 2.27 bits per heavy atom. The monoisotopic (exact) mass is 276 g/mol. The van der Waals surface area contributed by atoms with Crippen molar-refractivity contribution < 1.29 is 19.0 Å². The molecule has 0 heterocycles. The highest BCUT2D eigenvalue weighted by Gasteiger charge is 2.11. The molecule has 0 aliphatic heterocycles. The van der Waals surface area contributed by atoms with E-state index < -0.39 is 12.6 Å². The van der Waals surface area contributed by atoms with Crippen molar-refractivity contribution >= 4 is 21.9 Å². The number of aromatic carboxylic acids is 1. The molecule has 0 saturated carbocycles. The number of hydrogen-bond acceptors (Lipinski definition) is 2. The van der Waals surface area contributed by atoms with E-state index >= 15 is 0 Å². The quantitative estimate of drug-likeness (QED) is 0.842. The molecule has 5 heteroatoms. The van der Waals surface area contributed by atoms with Crippen LogP contribution in [0.4, 0.5) is 4.39 Å². The number of rotatable bonds is 5. The third kappa shape index (κ3) is 3.51. The van der Waals surface area contributed by atoms with E-state index in [2.05, 4.69) is 15.9 Å². The van der Waals surface area contributed by atoms with Crippen molar-refractivity contribution in [3.05, 3.63) is 28.2 Å². The van der Waals surface area contributed by atoms with Gasteiger partial charge in [0.15, 0.2) is 0 Å². The number of alkyl halides is 1. The number of carboxylic acid groups (broad SMARTS) is 1. The molecule has 0 aliphatic rings. The summed E-state index contributed by atoms with van der Waals surface area (Å²) in [5.74, 6) is -0.803. The average Bonchev–Trinajstić information content (AvgIpc) is 2.18. The van der Waals surface area contributed by atoms with Crippen molar-refractivity contribution in [1.82, 2.24) is 0 Å². The first-order valence-electron chi connectivity index (χ1n) is 4.36. The summed E-state index contributed by atoms with van der Waals surface area (Å²) in [5.41, 5.74) is 0.0806. The van der Waals surface area contributed by atoms with Gasteiger partial charge in [-0.05, 0) is 18.2 Å². The molecule has 0 radical (unpaired) electrons. The highest BCUT2D eigenvalue weighted by atomic mass is 79.9. The van der Waals surface area contributed by atoms with E-state index in [4.69, 9.17) is 9.84 Å². The maximum Gasteiger partial charge on any atom is 0.339 e. The van der Waals surface area contributed by atoms with Gasteiger partial charge >= 0.3 is 5.97 Å². The van der Waals surface area contributed by atoms with Crippen molar-refractivity contribution in [3.63, 3.8) is 0 Å². The fraction of sp³-hybridized carbons (Fsp3) is 0.300. The smallest absolute Gasteiger partial charge is 0.339 e. The van der Waals surface area contributed by atoms with Gasteiger partial charge in [-0.25, -0.2) is 4.79 Å². The summed E-state index contributed by atoms with van der Waals surface area (Å²) in [7, 11) is 0. The van der Waals surface area contributed by atoms with Crippen LogP contribution in [0.25, 0.3) is 0 Å². The van der Waals surface area contributed by atoms with Gasteiger partial charge in [-0.1, -0.05) is 15.9 Å². The molecule has 3 nitrogen and oxygen atoms in total. The molecule has 82 valence electrons. The minimum absolute atomic E-state index is 0.0806. The van der Waals surface area contributed by atoms with Crippen LogP contribution in [0.2, 0.25) is 0 Å². The minimum Gasteiger partial charge on any atom is -0.493 e. The SMILES string of the molecule is O=C(O)c1ccc(Br)cc1OCCCF. The lowest BCUT2D eigenvalue weighted by atomic mass is 10.2. The van der Waals surface area contributed by atoms with Crippen LogP contribution >= 0.6 is 15.9 Å². The summed E-state index contributed by atoms with van der Waals surface area (Å²) < 4.78 is 17.7. The summed E-state index contributed by atoms with van der Waals surface area (Å²) in [6.45, 7) is -0.302. The predicted molar refractivity (Wildman–Crippen MR) is 57.2 cm³/mol. The second-order valence-corrected chi connectivity index (χ2v) is 3.75. The normalized spacial score (nSPS) is 10.0. The van der Waals surface area contributed by atoms with Crippen LogP contribution in [0.5, 0.6) is 5.75 Å². The van der Waals surface area contributed by atoms with Gasteiger partial charge in [-0.2, -0.15) is 0 Å². The molecule has 0 bridgehead atoms. The maximum absolute atomic E-state index is 11.8. The van der Waals surface area contributed by atoms with Gasteiger partial charge in [0.05, 0.1) is 13.3 Å². The standard InChI is InChI=1S/C10H10BrFO3/c11-7-2-3-8(10(13)14)9(6-7)15-5-1-4-12/h2-3,6H,1,4-5H2,(H,13,14). The Hall–Kier alpha value is -1.10. The first kappa shape index (κ1) is 12.0. The zero-order chi connectivity index (χ0) is 11.3. The molecule has 1 rings (SSSR count). The number of hydrogen-bond donors (Lipinski definition) is 1. The molecule has 0 amide bonds. The molecule has 0 aromatic heterocycles. The molecule has 1 aromatic carbocycles. The Labute approximate surface area is 95.0 Å². The van der Waals surface area contributed by atoms with Crippen LogP contribution in [-0.2, 0) is 0 Å². The Balaban J connectivity index is 2.82. The topological polar surface area (TPSA) is 46.5 Å². The molecule has 0 aliphatic carbocycles. The first-order valence-corrected chi connectivity index (χ1v) is 5.16. The van der Waals surface area contributed by atoms with Gasteiger partial charge in [-0.3, -0.25) is 4.39 Å². The predicted octanol–water partition coefficient (Wildman–Crippen LogP) is 2.89. The Kier molecular flexibility index (Phi) is 4.55. The van der Waals surface area contributed by atoms with Crippen LogP contribution in [0.1, 0.15) is 16.8 Å². The van der Waals surface area contributed by atoms with Gasteiger partial charge in [0.1, 0.15) is 11.3 Å². The van der Waals surface area contributed by atoms with Crippen molar-refractivity contribution in [3.8, 4) is 5.75 Å². The number of ether oxygens (including phenoxy) is 1. The van der Waals surface area contributed by atoms with Crippen LogP contribution in [0, 0.1) is 0 Å². The van der Waals surface area contributed by atoms with Gasteiger partial charge in [0.2, 0.25) is 0 Å². The Morgan fingerprint density at radius 1 is 1.53 bits per heavy atom. The van der Waals surface area contributed by atoms with Crippen LogP contribution < -0.4 is 4.74 Å². The average molecular weight is 277 g/mol. The highest BCUT2D eigenvalue weighted by molar-refractivity contribution is 9.10. The van der Waals surface area contributed by atoms with Gasteiger partial charge in [0.25, 0.3) is 0 Å². The molecule has 0 saturated heterocycles. The molecule has 0 unspecified atom stereocenters. The third-order valence-electron chi connectivity index (χ3n) is 1.71. The summed E-state index contributed by atoms with van der Waals surface area (Å²) in [6, 6.07) is 4.62. The molecule has 15 heavy (non-hydrogen) atoms. The molecule has 0 fully saturated rings. The lowest BCUT2D eigenvalue weighted by molar-refractivity contribution is 0.0692. The zero-order valence-corrected chi connectivity index (χ0v) is 9.46. The second-order valence-electron chi connectivity index (χ2n) is 2.84. The molecule has 1 N–H and O–H groups in total. The fourth-order valence-corrected chi connectivity index (χ4v) is 1.37. The minimum atomic E-state index is -1.06. The van der Waals surface area contributed by atoms with Crippen LogP contribution in [-0.4, -0.2) is 24.4 Å². The van der Waals surface area contributed by atoms with Crippen molar-refractivity contribution in [2.24, 2.45) is 0 Å². The van der Waals surface area contributed by atoms with Crippen molar-refractivity contribution in [1.29, 1.82) is 0 Å². The fourth-order valence-electron chi connectivity index (χ4n) is 1.03. The molecule has 0 spiro atoms. The molecule has 0 atom stereocenters. The number of halogens is 2. The van der Waals surface area contributed by atoms with Crippen LogP contribution in [0.3, 0.4) is 0 Å². The lowest BCUT2D eigenvalue weighted by Crippen LogP contribution is -2.04. The maximum atomic E-state index is 11.8. The second kappa shape index (κ2) is 5.70. The van der Waals surface area contributed by atoms with Gasteiger partial charge < -0.3 is 9.84 Å². The molecule has 1 aromatic rings. The number of benzene rings is 1. The van der Waals surface area contributed by atoms with E-state index in [0.717, 1.165) is 4.47 Å². The molecular formula is C10H10BrFO3. The van der Waals surface area contributed by atoms with Crippen molar-refractivity contribution in [2.75, 3.05) is 13.3 Å². The van der Waals surface area contributed by atoms with Gasteiger partial charge in [0, 0.05) is 10.9 Å².